The maximum Gasteiger partial charge on any atom is 0.409 e. The second-order valence-corrected chi connectivity index (χ2v) is 10.6. The van der Waals surface area contributed by atoms with Crippen molar-refractivity contribution in [2.75, 3.05) is 19.7 Å². The Morgan fingerprint density at radius 3 is 2.41 bits per heavy atom. The minimum Gasteiger partial charge on any atom is -0.449 e. The number of benzene rings is 1. The number of likely N-dealkylation sites (tertiary alicyclic amines) is 1. The maximum absolute atomic E-state index is 13.1. The SMILES string of the molecule is CC(C)CC(OC(=O)NCc1ccccc1)C(=O)NC1(C#N)CCN(C(=O)OCC2CCCCC2)CC1. The van der Waals surface area contributed by atoms with Crippen molar-refractivity contribution < 1.29 is 23.9 Å². The van der Waals surface area contributed by atoms with E-state index in [4.69, 9.17) is 9.47 Å². The first-order valence-corrected chi connectivity index (χ1v) is 13.4. The van der Waals surface area contributed by atoms with Gasteiger partial charge in [-0.05, 0) is 36.7 Å². The van der Waals surface area contributed by atoms with Crippen molar-refractivity contribution >= 4 is 18.1 Å². The van der Waals surface area contributed by atoms with E-state index in [1.807, 2.05) is 44.2 Å². The van der Waals surface area contributed by atoms with Gasteiger partial charge in [0.15, 0.2) is 6.10 Å². The van der Waals surface area contributed by atoms with Crippen LogP contribution in [0.4, 0.5) is 9.59 Å². The number of nitrogens with zero attached hydrogens (tertiary/aromatic N) is 2. The van der Waals surface area contributed by atoms with Gasteiger partial charge in [-0.15, -0.1) is 0 Å². The summed E-state index contributed by atoms with van der Waals surface area (Å²) in [4.78, 5) is 39.7. The Bertz CT molecular complexity index is 932. The van der Waals surface area contributed by atoms with Gasteiger partial charge < -0.3 is 25.0 Å². The Morgan fingerprint density at radius 2 is 1.78 bits per heavy atom. The van der Waals surface area contributed by atoms with Crippen LogP contribution in [-0.4, -0.2) is 54.3 Å². The molecule has 37 heavy (non-hydrogen) atoms. The fourth-order valence-electron chi connectivity index (χ4n) is 4.86. The average Bonchev–Trinajstić information content (AvgIpc) is 2.91. The Labute approximate surface area is 219 Å². The minimum absolute atomic E-state index is 0.0940. The third kappa shape index (κ3) is 8.96. The van der Waals surface area contributed by atoms with E-state index in [0.717, 1.165) is 18.4 Å². The standard InChI is InChI=1S/C28H40N4O5/c1-21(2)17-24(37-26(34)30-18-22-9-5-3-6-10-22)25(33)31-28(20-29)13-15-32(16-14-28)27(35)36-19-23-11-7-4-8-12-23/h3,5-6,9-10,21,23-24H,4,7-8,11-19H2,1-2H3,(H,30,34)(H,31,33). The molecule has 9 nitrogen and oxygen atoms in total. The van der Waals surface area contributed by atoms with Crippen LogP contribution in [0.15, 0.2) is 30.3 Å². The van der Waals surface area contributed by atoms with Gasteiger partial charge in [-0.1, -0.05) is 63.4 Å². The van der Waals surface area contributed by atoms with E-state index in [9.17, 15) is 19.6 Å². The molecule has 0 aromatic heterocycles. The molecule has 3 rings (SSSR count). The summed E-state index contributed by atoms with van der Waals surface area (Å²) in [6.45, 7) is 5.21. The average molecular weight is 513 g/mol. The number of alkyl carbamates (subject to hydrolysis) is 1. The first-order chi connectivity index (χ1) is 17.8. The van der Waals surface area contributed by atoms with Gasteiger partial charge >= 0.3 is 12.2 Å². The van der Waals surface area contributed by atoms with Gasteiger partial charge in [0.1, 0.15) is 5.54 Å². The first kappa shape index (κ1) is 28.3. The van der Waals surface area contributed by atoms with Gasteiger partial charge in [-0.2, -0.15) is 5.26 Å². The number of carbonyl (C=O) groups is 3. The van der Waals surface area contributed by atoms with Crippen molar-refractivity contribution in [3.63, 3.8) is 0 Å². The second kappa shape index (κ2) is 13.9. The number of nitrogens with one attached hydrogen (secondary N) is 2. The third-order valence-corrected chi connectivity index (χ3v) is 7.13. The van der Waals surface area contributed by atoms with Crippen molar-refractivity contribution in [3.8, 4) is 6.07 Å². The lowest BCUT2D eigenvalue weighted by Gasteiger charge is -2.38. The summed E-state index contributed by atoms with van der Waals surface area (Å²) in [5, 5.41) is 15.4. The Morgan fingerprint density at radius 1 is 1.11 bits per heavy atom. The van der Waals surface area contributed by atoms with E-state index in [-0.39, 0.29) is 31.4 Å². The summed E-state index contributed by atoms with van der Waals surface area (Å²) >= 11 is 0. The molecular formula is C28H40N4O5. The van der Waals surface area contributed by atoms with E-state index >= 15 is 0 Å². The number of nitriles is 1. The van der Waals surface area contributed by atoms with Gasteiger partial charge in [-0.3, -0.25) is 4.79 Å². The maximum atomic E-state index is 13.1. The van der Waals surface area contributed by atoms with E-state index in [1.54, 1.807) is 4.90 Å². The molecular weight excluding hydrogens is 472 g/mol. The highest BCUT2D eigenvalue weighted by molar-refractivity contribution is 5.84. The molecule has 1 atom stereocenters. The summed E-state index contributed by atoms with van der Waals surface area (Å²) in [5.74, 6) is 0.0256. The predicted octanol–water partition coefficient (Wildman–Crippen LogP) is 4.52. The van der Waals surface area contributed by atoms with Crippen molar-refractivity contribution in [1.82, 2.24) is 15.5 Å². The Balaban J connectivity index is 1.50. The molecule has 2 N–H and O–H groups in total. The summed E-state index contributed by atoms with van der Waals surface area (Å²) in [7, 11) is 0. The quantitative estimate of drug-likeness (QED) is 0.502. The predicted molar refractivity (Wildman–Crippen MR) is 138 cm³/mol. The molecule has 3 amide bonds. The summed E-state index contributed by atoms with van der Waals surface area (Å²) in [6.07, 6.45) is 4.63. The van der Waals surface area contributed by atoms with Crippen LogP contribution in [0, 0.1) is 23.2 Å². The molecule has 1 aliphatic heterocycles. The van der Waals surface area contributed by atoms with Gasteiger partial charge in [0.2, 0.25) is 0 Å². The molecule has 2 fully saturated rings. The molecule has 0 spiro atoms. The lowest BCUT2D eigenvalue weighted by Crippen LogP contribution is -2.58. The van der Waals surface area contributed by atoms with Crippen molar-refractivity contribution in [3.05, 3.63) is 35.9 Å². The minimum atomic E-state index is -1.13. The fraction of sp³-hybridized carbons (Fsp3) is 0.643. The summed E-state index contributed by atoms with van der Waals surface area (Å²) < 4.78 is 11.0. The van der Waals surface area contributed by atoms with Crippen LogP contribution in [0.1, 0.15) is 70.8 Å². The molecule has 1 aliphatic carbocycles. The molecule has 0 bridgehead atoms. The molecule has 9 heteroatoms. The van der Waals surface area contributed by atoms with Crippen molar-refractivity contribution in [1.29, 1.82) is 5.26 Å². The molecule has 1 heterocycles. The van der Waals surface area contributed by atoms with Crippen LogP contribution in [-0.2, 0) is 20.8 Å². The second-order valence-electron chi connectivity index (χ2n) is 10.6. The lowest BCUT2D eigenvalue weighted by molar-refractivity contribution is -0.132. The Kier molecular flexibility index (Phi) is 10.6. The first-order valence-electron chi connectivity index (χ1n) is 13.4. The third-order valence-electron chi connectivity index (χ3n) is 7.13. The molecule has 1 saturated carbocycles. The van der Waals surface area contributed by atoms with Crippen molar-refractivity contribution in [2.45, 2.75) is 83.4 Å². The van der Waals surface area contributed by atoms with Gasteiger partial charge in [0, 0.05) is 32.5 Å². The molecule has 1 unspecified atom stereocenters. The smallest absolute Gasteiger partial charge is 0.409 e. The van der Waals surface area contributed by atoms with Gasteiger partial charge in [0.25, 0.3) is 5.91 Å². The number of hydrogen-bond acceptors (Lipinski definition) is 6. The number of ether oxygens (including phenoxy) is 2. The number of carbonyl (C=O) groups excluding carboxylic acids is 3. The zero-order chi connectivity index (χ0) is 26.7. The van der Waals surface area contributed by atoms with Gasteiger partial charge in [0.05, 0.1) is 12.7 Å². The van der Waals surface area contributed by atoms with E-state index in [2.05, 4.69) is 16.7 Å². The van der Waals surface area contributed by atoms with Crippen LogP contribution in [0.3, 0.4) is 0 Å². The van der Waals surface area contributed by atoms with Gasteiger partial charge in [-0.25, -0.2) is 9.59 Å². The van der Waals surface area contributed by atoms with E-state index in [0.29, 0.717) is 32.0 Å². The van der Waals surface area contributed by atoms with Crippen LogP contribution < -0.4 is 10.6 Å². The molecule has 0 radical (unpaired) electrons. The van der Waals surface area contributed by atoms with Crippen LogP contribution in [0.2, 0.25) is 0 Å². The largest absolute Gasteiger partial charge is 0.449 e. The monoisotopic (exact) mass is 512 g/mol. The van der Waals surface area contributed by atoms with Crippen LogP contribution >= 0.6 is 0 Å². The number of amides is 3. The topological polar surface area (TPSA) is 121 Å². The number of piperidine rings is 1. The highest BCUT2D eigenvalue weighted by Crippen LogP contribution is 2.26. The normalized spacial score (nSPS) is 18.4. The van der Waals surface area contributed by atoms with E-state index < -0.39 is 23.6 Å². The summed E-state index contributed by atoms with van der Waals surface area (Å²) in [6, 6.07) is 11.6. The Hall–Kier alpha value is -3.28. The highest BCUT2D eigenvalue weighted by atomic mass is 16.6. The number of hydrogen-bond donors (Lipinski definition) is 2. The highest BCUT2D eigenvalue weighted by Gasteiger charge is 2.40. The molecule has 202 valence electrons. The number of rotatable bonds is 9. The molecule has 2 aliphatic rings. The van der Waals surface area contributed by atoms with Crippen molar-refractivity contribution in [2.24, 2.45) is 11.8 Å². The zero-order valence-corrected chi connectivity index (χ0v) is 22.0. The fourth-order valence-corrected chi connectivity index (χ4v) is 4.86. The molecule has 1 aromatic carbocycles. The summed E-state index contributed by atoms with van der Waals surface area (Å²) in [5.41, 5.74) is -0.215. The molecule has 1 aromatic rings. The van der Waals surface area contributed by atoms with E-state index in [1.165, 1.54) is 19.3 Å². The van der Waals surface area contributed by atoms with Crippen LogP contribution in [0.5, 0.6) is 0 Å². The lowest BCUT2D eigenvalue weighted by atomic mass is 9.88. The van der Waals surface area contributed by atoms with Crippen LogP contribution in [0.25, 0.3) is 0 Å². The zero-order valence-electron chi connectivity index (χ0n) is 22.0. The molecule has 1 saturated heterocycles.